The van der Waals surface area contributed by atoms with Gasteiger partial charge in [0.25, 0.3) is 0 Å². The van der Waals surface area contributed by atoms with Crippen LogP contribution in [0.4, 0.5) is 4.39 Å². The Balaban J connectivity index is 1.83. The molecule has 0 aliphatic carbocycles. The quantitative estimate of drug-likeness (QED) is 0.589. The smallest absolute Gasteiger partial charge is 0.126 e. The highest BCUT2D eigenvalue weighted by molar-refractivity contribution is 5.33. The third-order valence-electron chi connectivity index (χ3n) is 3.17. The molecule has 0 aliphatic rings. The van der Waals surface area contributed by atoms with Gasteiger partial charge in [0.1, 0.15) is 18.2 Å². The zero-order valence-electron chi connectivity index (χ0n) is 12.0. The zero-order valence-corrected chi connectivity index (χ0v) is 12.0. The van der Waals surface area contributed by atoms with Crippen molar-refractivity contribution in [3.8, 4) is 5.75 Å². The van der Waals surface area contributed by atoms with Gasteiger partial charge in [-0.25, -0.2) is 4.39 Å². The molecule has 0 amide bonds. The molecule has 0 spiro atoms. The summed E-state index contributed by atoms with van der Waals surface area (Å²) in [6, 6.07) is 14.8. The molecule has 2 rings (SSSR count). The second-order valence-corrected chi connectivity index (χ2v) is 4.73. The van der Waals surface area contributed by atoms with Crippen LogP contribution in [-0.4, -0.2) is 13.2 Å². The van der Waals surface area contributed by atoms with Crippen LogP contribution in [0.5, 0.6) is 5.75 Å². The Kier molecular flexibility index (Phi) is 5.98. The van der Waals surface area contributed by atoms with E-state index < -0.39 is 0 Å². The van der Waals surface area contributed by atoms with Gasteiger partial charge in [-0.2, -0.15) is 0 Å². The molecule has 2 nitrogen and oxygen atoms in total. The Morgan fingerprint density at radius 2 is 1.76 bits per heavy atom. The summed E-state index contributed by atoms with van der Waals surface area (Å²) in [5.41, 5.74) is 1.83. The van der Waals surface area contributed by atoms with Crippen molar-refractivity contribution in [2.24, 2.45) is 0 Å². The summed E-state index contributed by atoms with van der Waals surface area (Å²) in [5.74, 6) is 0.713. The Labute approximate surface area is 125 Å². The molecular weight excluding hydrogens is 265 g/mol. The van der Waals surface area contributed by atoms with E-state index in [1.807, 2.05) is 36.4 Å². The maximum atomic E-state index is 13.5. The van der Waals surface area contributed by atoms with Gasteiger partial charge < -0.3 is 10.1 Å². The summed E-state index contributed by atoms with van der Waals surface area (Å²) in [4.78, 5) is 0. The summed E-state index contributed by atoms with van der Waals surface area (Å²) in [7, 11) is 0. The van der Waals surface area contributed by atoms with E-state index in [0.717, 1.165) is 23.4 Å². The number of halogens is 1. The fraction of sp³-hybridized carbons (Fsp3) is 0.222. The molecule has 1 N–H and O–H groups in total. The highest BCUT2D eigenvalue weighted by Gasteiger charge is 2.03. The molecule has 2 aromatic rings. The minimum absolute atomic E-state index is 0.144. The first-order valence-electron chi connectivity index (χ1n) is 7.07. The van der Waals surface area contributed by atoms with Gasteiger partial charge in [-0.05, 0) is 30.7 Å². The van der Waals surface area contributed by atoms with E-state index in [2.05, 4.69) is 11.9 Å². The summed E-state index contributed by atoms with van der Waals surface area (Å²) in [6.45, 7) is 5.55. The number of hydrogen-bond donors (Lipinski definition) is 1. The summed E-state index contributed by atoms with van der Waals surface area (Å²) in [5, 5.41) is 3.32. The average molecular weight is 285 g/mol. The lowest BCUT2D eigenvalue weighted by molar-refractivity contribution is 0.358. The Bertz CT molecular complexity index is 583. The van der Waals surface area contributed by atoms with Crippen LogP contribution in [0.25, 0.3) is 0 Å². The van der Waals surface area contributed by atoms with Crippen molar-refractivity contribution in [2.75, 3.05) is 13.2 Å². The van der Waals surface area contributed by atoms with E-state index in [9.17, 15) is 4.39 Å². The largest absolute Gasteiger partial charge is 0.489 e. The molecule has 0 aromatic heterocycles. The van der Waals surface area contributed by atoms with Crippen LogP contribution in [-0.2, 0) is 13.0 Å². The van der Waals surface area contributed by atoms with Crippen LogP contribution in [0, 0.1) is 5.82 Å². The zero-order chi connectivity index (χ0) is 14.9. The van der Waals surface area contributed by atoms with Crippen molar-refractivity contribution in [3.05, 3.63) is 78.1 Å². The van der Waals surface area contributed by atoms with Gasteiger partial charge in [0.05, 0.1) is 0 Å². The first-order valence-corrected chi connectivity index (χ1v) is 7.07. The molecule has 2 aromatic carbocycles. The molecule has 0 heterocycles. The van der Waals surface area contributed by atoms with Crippen molar-refractivity contribution in [1.29, 1.82) is 0 Å². The fourth-order valence-corrected chi connectivity index (χ4v) is 2.09. The van der Waals surface area contributed by atoms with Gasteiger partial charge in [0.15, 0.2) is 0 Å². The number of ether oxygens (including phenoxy) is 1. The number of benzene rings is 2. The van der Waals surface area contributed by atoms with Crippen molar-refractivity contribution >= 4 is 0 Å². The van der Waals surface area contributed by atoms with Gasteiger partial charge in [-0.1, -0.05) is 49.1 Å². The topological polar surface area (TPSA) is 21.3 Å². The third kappa shape index (κ3) is 4.72. The van der Waals surface area contributed by atoms with Crippen LogP contribution in [0.2, 0.25) is 0 Å². The first kappa shape index (κ1) is 15.3. The van der Waals surface area contributed by atoms with Gasteiger partial charge in [0.2, 0.25) is 0 Å². The standard InChI is InChI=1S/C18H20FNO/c1-2-13-21-18-10-6-4-8-16(18)14-20-12-11-15-7-3-5-9-17(15)19/h2-10,20H,1,11-14H2. The van der Waals surface area contributed by atoms with E-state index in [0.29, 0.717) is 19.6 Å². The van der Waals surface area contributed by atoms with Crippen LogP contribution >= 0.6 is 0 Å². The number of hydrogen-bond acceptors (Lipinski definition) is 2. The molecule has 0 saturated carbocycles. The van der Waals surface area contributed by atoms with Gasteiger partial charge in [0, 0.05) is 12.1 Å². The lowest BCUT2D eigenvalue weighted by Crippen LogP contribution is -2.17. The monoisotopic (exact) mass is 285 g/mol. The minimum Gasteiger partial charge on any atom is -0.489 e. The maximum absolute atomic E-state index is 13.5. The first-order chi connectivity index (χ1) is 10.3. The average Bonchev–Trinajstić information content (AvgIpc) is 2.52. The molecular formula is C18H20FNO. The fourth-order valence-electron chi connectivity index (χ4n) is 2.09. The molecule has 0 fully saturated rings. The Morgan fingerprint density at radius 3 is 2.52 bits per heavy atom. The van der Waals surface area contributed by atoms with Crippen LogP contribution in [0.1, 0.15) is 11.1 Å². The lowest BCUT2D eigenvalue weighted by Gasteiger charge is -2.11. The SMILES string of the molecule is C=CCOc1ccccc1CNCCc1ccccc1F. The Hall–Kier alpha value is -2.13. The molecule has 0 bridgehead atoms. The molecule has 0 atom stereocenters. The van der Waals surface area contributed by atoms with Crippen molar-refractivity contribution in [1.82, 2.24) is 5.32 Å². The second-order valence-electron chi connectivity index (χ2n) is 4.73. The molecule has 3 heteroatoms. The molecule has 21 heavy (non-hydrogen) atoms. The predicted molar refractivity (Wildman–Crippen MR) is 83.9 cm³/mol. The van der Waals surface area contributed by atoms with Crippen molar-refractivity contribution in [2.45, 2.75) is 13.0 Å². The highest BCUT2D eigenvalue weighted by atomic mass is 19.1. The van der Waals surface area contributed by atoms with Crippen molar-refractivity contribution in [3.63, 3.8) is 0 Å². The van der Waals surface area contributed by atoms with Gasteiger partial charge in [-0.15, -0.1) is 0 Å². The highest BCUT2D eigenvalue weighted by Crippen LogP contribution is 2.17. The Morgan fingerprint density at radius 1 is 1.05 bits per heavy atom. The third-order valence-corrected chi connectivity index (χ3v) is 3.17. The molecule has 0 radical (unpaired) electrons. The number of nitrogens with one attached hydrogen (secondary N) is 1. The normalized spacial score (nSPS) is 10.3. The lowest BCUT2D eigenvalue weighted by atomic mass is 10.1. The van der Waals surface area contributed by atoms with Gasteiger partial charge in [-0.3, -0.25) is 0 Å². The number of rotatable bonds is 8. The summed E-state index contributed by atoms with van der Waals surface area (Å²) in [6.07, 6.45) is 2.39. The minimum atomic E-state index is -0.144. The van der Waals surface area contributed by atoms with E-state index >= 15 is 0 Å². The van der Waals surface area contributed by atoms with Crippen LogP contribution in [0.15, 0.2) is 61.2 Å². The summed E-state index contributed by atoms with van der Waals surface area (Å²) >= 11 is 0. The predicted octanol–water partition coefficient (Wildman–Crippen LogP) is 3.72. The maximum Gasteiger partial charge on any atom is 0.126 e. The molecule has 0 aliphatic heterocycles. The van der Waals surface area contributed by atoms with E-state index in [1.54, 1.807) is 12.1 Å². The molecule has 110 valence electrons. The number of para-hydroxylation sites is 1. The van der Waals surface area contributed by atoms with E-state index in [-0.39, 0.29) is 5.82 Å². The molecule has 0 saturated heterocycles. The van der Waals surface area contributed by atoms with Crippen LogP contribution in [0.3, 0.4) is 0 Å². The van der Waals surface area contributed by atoms with Crippen molar-refractivity contribution < 1.29 is 9.13 Å². The molecule has 0 unspecified atom stereocenters. The van der Waals surface area contributed by atoms with Gasteiger partial charge >= 0.3 is 0 Å². The van der Waals surface area contributed by atoms with E-state index in [4.69, 9.17) is 4.74 Å². The van der Waals surface area contributed by atoms with Crippen LogP contribution < -0.4 is 10.1 Å². The second kappa shape index (κ2) is 8.22. The van der Waals surface area contributed by atoms with E-state index in [1.165, 1.54) is 6.07 Å². The summed E-state index contributed by atoms with van der Waals surface area (Å²) < 4.78 is 19.1.